The van der Waals surface area contributed by atoms with Crippen LogP contribution in [-0.4, -0.2) is 19.3 Å². The lowest BCUT2D eigenvalue weighted by atomic mass is 9.98. The third-order valence-electron chi connectivity index (χ3n) is 5.82. The van der Waals surface area contributed by atoms with Gasteiger partial charge in [0.05, 0.1) is 12.2 Å². The van der Waals surface area contributed by atoms with Crippen LogP contribution in [0.4, 0.5) is 5.69 Å². The maximum Gasteiger partial charge on any atom is 0.338 e. The van der Waals surface area contributed by atoms with E-state index in [2.05, 4.69) is 24.8 Å². The first-order valence-corrected chi connectivity index (χ1v) is 11.3. The minimum Gasteiger partial charge on any atom is -0.472 e. The van der Waals surface area contributed by atoms with Crippen molar-refractivity contribution < 1.29 is 18.7 Å². The number of fused-ring (bicyclic) bond motifs is 2. The van der Waals surface area contributed by atoms with Crippen LogP contribution < -0.4 is 15.3 Å². The summed E-state index contributed by atoms with van der Waals surface area (Å²) in [5, 5.41) is 0.971. The van der Waals surface area contributed by atoms with Gasteiger partial charge in [-0.15, -0.1) is 0 Å². The fraction of sp³-hybridized carbons (Fsp3) is 0.385. The van der Waals surface area contributed by atoms with E-state index in [-0.39, 0.29) is 11.6 Å². The minimum atomic E-state index is -0.324. The summed E-state index contributed by atoms with van der Waals surface area (Å²) in [6, 6.07) is 11.1. The first kappa shape index (κ1) is 21.9. The van der Waals surface area contributed by atoms with E-state index in [0.29, 0.717) is 31.0 Å². The highest BCUT2D eigenvalue weighted by Crippen LogP contribution is 2.37. The SMILES string of the molecule is CCCCOC(=O)c1ccc(N2COc3c(cc4c(CCC)cc(=O)oc4c3C)C2)cc1. The second-order valence-corrected chi connectivity index (χ2v) is 8.21. The molecule has 0 atom stereocenters. The van der Waals surface area contributed by atoms with E-state index in [1.807, 2.05) is 19.1 Å². The average molecular weight is 436 g/mol. The van der Waals surface area contributed by atoms with Gasteiger partial charge in [0.2, 0.25) is 0 Å². The molecule has 0 N–H and O–H groups in total. The van der Waals surface area contributed by atoms with Crippen LogP contribution in [0, 0.1) is 6.92 Å². The Balaban J connectivity index is 1.59. The van der Waals surface area contributed by atoms with Crippen molar-refractivity contribution in [3.8, 4) is 5.75 Å². The Morgan fingerprint density at radius 1 is 1.12 bits per heavy atom. The molecular weight excluding hydrogens is 406 g/mol. The molecule has 6 nitrogen and oxygen atoms in total. The predicted molar refractivity (Wildman–Crippen MR) is 125 cm³/mol. The molecule has 1 aromatic heterocycles. The summed E-state index contributed by atoms with van der Waals surface area (Å²) in [5.41, 5.74) is 4.71. The Morgan fingerprint density at radius 3 is 2.62 bits per heavy atom. The number of aryl methyl sites for hydroxylation is 2. The van der Waals surface area contributed by atoms with Crippen LogP contribution in [-0.2, 0) is 17.7 Å². The summed E-state index contributed by atoms with van der Waals surface area (Å²) in [7, 11) is 0. The molecule has 0 radical (unpaired) electrons. The van der Waals surface area contributed by atoms with E-state index < -0.39 is 0 Å². The summed E-state index contributed by atoms with van der Waals surface area (Å²) in [6.07, 6.45) is 3.63. The number of carbonyl (C=O) groups excluding carboxylic acids is 1. The van der Waals surface area contributed by atoms with Crippen molar-refractivity contribution in [3.63, 3.8) is 0 Å². The zero-order valence-corrected chi connectivity index (χ0v) is 18.9. The first-order chi connectivity index (χ1) is 15.5. The van der Waals surface area contributed by atoms with Gasteiger partial charge in [0.1, 0.15) is 11.3 Å². The van der Waals surface area contributed by atoms with Crippen molar-refractivity contribution in [1.29, 1.82) is 0 Å². The highest BCUT2D eigenvalue weighted by Gasteiger charge is 2.23. The molecule has 4 rings (SSSR count). The van der Waals surface area contributed by atoms with Gasteiger partial charge in [-0.2, -0.15) is 0 Å². The van der Waals surface area contributed by atoms with Gasteiger partial charge in [0.25, 0.3) is 0 Å². The number of hydrogen-bond donors (Lipinski definition) is 0. The number of rotatable bonds is 7. The van der Waals surface area contributed by atoms with Crippen LogP contribution in [0.5, 0.6) is 5.75 Å². The van der Waals surface area contributed by atoms with Crippen molar-refractivity contribution in [2.24, 2.45) is 0 Å². The Bertz CT molecular complexity index is 1180. The number of benzene rings is 2. The average Bonchev–Trinajstić information content (AvgIpc) is 2.80. The van der Waals surface area contributed by atoms with Gasteiger partial charge in [0, 0.05) is 34.8 Å². The largest absolute Gasteiger partial charge is 0.472 e. The molecule has 168 valence electrons. The van der Waals surface area contributed by atoms with Crippen molar-refractivity contribution in [1.82, 2.24) is 0 Å². The molecule has 0 saturated heterocycles. The molecule has 32 heavy (non-hydrogen) atoms. The van der Waals surface area contributed by atoms with Gasteiger partial charge in [-0.05, 0) is 55.7 Å². The number of nitrogens with zero attached hydrogens (tertiary/aromatic N) is 1. The van der Waals surface area contributed by atoms with Crippen LogP contribution in [0.3, 0.4) is 0 Å². The standard InChI is InChI=1S/C26H29NO5/c1-4-6-12-30-26(29)18-8-10-21(11-9-18)27-15-20-13-22-19(7-5-2)14-23(28)32-25(22)17(3)24(20)31-16-27/h8-11,13-14H,4-7,12,15-16H2,1-3H3. The summed E-state index contributed by atoms with van der Waals surface area (Å²) in [4.78, 5) is 26.3. The lowest BCUT2D eigenvalue weighted by Crippen LogP contribution is -2.32. The zero-order chi connectivity index (χ0) is 22.7. The quantitative estimate of drug-likeness (QED) is 0.282. The van der Waals surface area contributed by atoms with E-state index >= 15 is 0 Å². The fourth-order valence-corrected chi connectivity index (χ4v) is 4.13. The molecule has 2 aromatic carbocycles. The highest BCUT2D eigenvalue weighted by molar-refractivity contribution is 5.90. The molecule has 1 aliphatic heterocycles. The molecular formula is C26H29NO5. The molecule has 6 heteroatoms. The van der Waals surface area contributed by atoms with Gasteiger partial charge in [-0.3, -0.25) is 0 Å². The second-order valence-electron chi connectivity index (χ2n) is 8.21. The summed E-state index contributed by atoms with van der Waals surface area (Å²) >= 11 is 0. The van der Waals surface area contributed by atoms with Gasteiger partial charge >= 0.3 is 11.6 Å². The summed E-state index contributed by atoms with van der Waals surface area (Å²) in [6.45, 7) is 7.58. The van der Waals surface area contributed by atoms with Crippen LogP contribution in [0.1, 0.15) is 60.2 Å². The fourth-order valence-electron chi connectivity index (χ4n) is 4.13. The molecule has 0 amide bonds. The minimum absolute atomic E-state index is 0.294. The Morgan fingerprint density at radius 2 is 1.91 bits per heavy atom. The third kappa shape index (κ3) is 4.35. The molecule has 0 bridgehead atoms. The van der Waals surface area contributed by atoms with Crippen molar-refractivity contribution in [2.75, 3.05) is 18.2 Å². The summed E-state index contributed by atoms with van der Waals surface area (Å²) in [5.74, 6) is 0.485. The molecule has 0 unspecified atom stereocenters. The molecule has 0 aliphatic carbocycles. The monoisotopic (exact) mass is 435 g/mol. The van der Waals surface area contributed by atoms with E-state index in [1.54, 1.807) is 18.2 Å². The molecule has 1 aliphatic rings. The molecule has 0 spiro atoms. The number of unbranched alkanes of at least 4 members (excludes halogenated alkanes) is 1. The van der Waals surface area contributed by atoms with Crippen LogP contribution >= 0.6 is 0 Å². The number of carbonyl (C=O) groups is 1. The molecule has 2 heterocycles. The van der Waals surface area contributed by atoms with E-state index in [9.17, 15) is 9.59 Å². The van der Waals surface area contributed by atoms with Gasteiger partial charge in [0.15, 0.2) is 6.73 Å². The number of anilines is 1. The van der Waals surface area contributed by atoms with Crippen molar-refractivity contribution in [3.05, 3.63) is 69.1 Å². The van der Waals surface area contributed by atoms with Crippen LogP contribution in [0.15, 0.2) is 45.6 Å². The number of esters is 1. The highest BCUT2D eigenvalue weighted by atomic mass is 16.5. The van der Waals surface area contributed by atoms with Gasteiger partial charge in [-0.25, -0.2) is 9.59 Å². The second kappa shape index (κ2) is 9.47. The lowest BCUT2D eigenvalue weighted by molar-refractivity contribution is 0.0500. The zero-order valence-electron chi connectivity index (χ0n) is 18.9. The first-order valence-electron chi connectivity index (χ1n) is 11.3. The smallest absolute Gasteiger partial charge is 0.338 e. The topological polar surface area (TPSA) is 69.0 Å². The van der Waals surface area contributed by atoms with Crippen molar-refractivity contribution in [2.45, 2.75) is 53.0 Å². The number of hydrogen-bond acceptors (Lipinski definition) is 6. The third-order valence-corrected chi connectivity index (χ3v) is 5.82. The lowest BCUT2D eigenvalue weighted by Gasteiger charge is -2.32. The van der Waals surface area contributed by atoms with Crippen LogP contribution in [0.25, 0.3) is 11.0 Å². The number of ether oxygens (including phenoxy) is 2. The molecule has 0 fully saturated rings. The maximum atomic E-state index is 12.2. The van der Waals surface area contributed by atoms with Crippen molar-refractivity contribution >= 4 is 22.6 Å². The summed E-state index contributed by atoms with van der Waals surface area (Å²) < 4.78 is 16.9. The molecule has 0 saturated carbocycles. The Hall–Kier alpha value is -3.28. The maximum absolute atomic E-state index is 12.2. The van der Waals surface area contributed by atoms with Gasteiger partial charge < -0.3 is 18.8 Å². The Labute approximate surface area is 187 Å². The Kier molecular flexibility index (Phi) is 6.49. The van der Waals surface area contributed by atoms with E-state index in [4.69, 9.17) is 13.9 Å². The van der Waals surface area contributed by atoms with E-state index in [1.165, 1.54) is 0 Å². The van der Waals surface area contributed by atoms with Crippen LogP contribution in [0.2, 0.25) is 0 Å². The van der Waals surface area contributed by atoms with E-state index in [0.717, 1.165) is 59.2 Å². The van der Waals surface area contributed by atoms with Gasteiger partial charge in [-0.1, -0.05) is 26.7 Å². The predicted octanol–water partition coefficient (Wildman–Crippen LogP) is 5.37. The normalized spacial score (nSPS) is 13.0. The molecule has 3 aromatic rings.